The van der Waals surface area contributed by atoms with Crippen molar-refractivity contribution in [2.45, 2.75) is 13.0 Å². The van der Waals surface area contributed by atoms with E-state index < -0.39 is 0 Å². The highest BCUT2D eigenvalue weighted by Crippen LogP contribution is 2.41. The first-order chi connectivity index (χ1) is 15.3. The molecule has 1 aliphatic heterocycles. The molecular weight excluding hydrogens is 386 g/mol. The second-order valence-electron chi connectivity index (χ2n) is 8.07. The molecule has 0 amide bonds. The second kappa shape index (κ2) is 8.44. The number of hydrazone groups is 1. The van der Waals surface area contributed by atoms with Crippen LogP contribution >= 0.6 is 0 Å². The summed E-state index contributed by atoms with van der Waals surface area (Å²) in [5.41, 5.74) is 6.17. The van der Waals surface area contributed by atoms with Crippen molar-refractivity contribution in [3.05, 3.63) is 83.4 Å². The summed E-state index contributed by atoms with van der Waals surface area (Å²) >= 11 is 0. The van der Waals surface area contributed by atoms with E-state index in [1.54, 1.807) is 23.2 Å². The molecule has 0 bridgehead atoms. The summed E-state index contributed by atoms with van der Waals surface area (Å²) in [4.78, 5) is 1.58. The van der Waals surface area contributed by atoms with Gasteiger partial charge in [-0.25, -0.2) is 0 Å². The Kier molecular flexibility index (Phi) is 5.35. The molecule has 1 saturated heterocycles. The molecule has 5 nitrogen and oxygen atoms in total. The topological polar surface area (TPSA) is 52.3 Å². The maximum Gasteiger partial charge on any atom is 0.140 e. The monoisotopic (exact) mass is 413 g/mol. The maximum atomic E-state index is 12.5. The van der Waals surface area contributed by atoms with Crippen molar-refractivity contribution in [2.24, 2.45) is 5.10 Å². The van der Waals surface area contributed by atoms with Gasteiger partial charge in [0.15, 0.2) is 0 Å². The molecule has 1 heterocycles. The fourth-order valence-electron chi connectivity index (χ4n) is 4.83. The summed E-state index contributed by atoms with van der Waals surface area (Å²) in [6.45, 7) is 6.11. The molecule has 158 valence electrons. The van der Waals surface area contributed by atoms with Gasteiger partial charge < -0.3 is 14.7 Å². The lowest BCUT2D eigenvalue weighted by molar-refractivity contribution is -0.929. The molecule has 1 N–H and O–H groups in total. The summed E-state index contributed by atoms with van der Waals surface area (Å²) in [6, 6.07) is 23.3. The van der Waals surface area contributed by atoms with Gasteiger partial charge in [0.25, 0.3) is 0 Å². The van der Waals surface area contributed by atoms with Crippen LogP contribution in [0.2, 0.25) is 0 Å². The van der Waals surface area contributed by atoms with Gasteiger partial charge in [-0.3, -0.25) is 5.01 Å². The molecule has 1 fully saturated rings. The normalized spacial score (nSPS) is 16.5. The molecule has 5 heteroatoms. The summed E-state index contributed by atoms with van der Waals surface area (Å²) in [7, 11) is 0. The highest BCUT2D eigenvalue weighted by atomic mass is 16.5. The Morgan fingerprint density at radius 3 is 2.26 bits per heavy atom. The first kappa shape index (κ1) is 19.6. The smallest absolute Gasteiger partial charge is 0.140 e. The molecule has 0 unspecified atom stereocenters. The van der Waals surface area contributed by atoms with Gasteiger partial charge in [0.1, 0.15) is 11.8 Å². The van der Waals surface area contributed by atoms with E-state index in [2.05, 4.69) is 58.6 Å². The summed E-state index contributed by atoms with van der Waals surface area (Å²) in [5, 5.41) is 19.1. The molecular formula is C26H27N3O2. The molecule has 0 radical (unpaired) electrons. The van der Waals surface area contributed by atoms with Crippen molar-refractivity contribution >= 4 is 6.21 Å². The largest absolute Gasteiger partial charge is 0.870 e. The minimum atomic E-state index is -0.100. The third-order valence-corrected chi connectivity index (χ3v) is 6.29. The van der Waals surface area contributed by atoms with Crippen molar-refractivity contribution in [1.82, 2.24) is 5.01 Å². The molecule has 0 aromatic heterocycles. The first-order valence-electron chi connectivity index (χ1n) is 11.0. The molecule has 0 atom stereocenters. The lowest BCUT2D eigenvalue weighted by atomic mass is 10.0. The third kappa shape index (κ3) is 3.66. The van der Waals surface area contributed by atoms with E-state index in [1.807, 2.05) is 13.0 Å². The average Bonchev–Trinajstić information content (AvgIpc) is 3.15. The van der Waals surface area contributed by atoms with Gasteiger partial charge >= 0.3 is 0 Å². The van der Waals surface area contributed by atoms with Crippen molar-refractivity contribution in [3.8, 4) is 22.6 Å². The van der Waals surface area contributed by atoms with Crippen LogP contribution in [-0.4, -0.2) is 44.0 Å². The summed E-state index contributed by atoms with van der Waals surface area (Å²) < 4.78 is 5.41. The van der Waals surface area contributed by atoms with Gasteiger partial charge in [-0.15, -0.1) is 0 Å². The van der Waals surface area contributed by atoms with Gasteiger partial charge in [0.05, 0.1) is 39.0 Å². The van der Waals surface area contributed by atoms with Crippen molar-refractivity contribution in [2.75, 3.05) is 32.8 Å². The van der Waals surface area contributed by atoms with Crippen LogP contribution in [0.4, 0.5) is 0 Å². The number of hydrogen-bond donors (Lipinski definition) is 1. The number of piperazine rings is 1. The lowest BCUT2D eigenvalue weighted by Gasteiger charge is -2.34. The molecule has 31 heavy (non-hydrogen) atoms. The number of nitrogens with one attached hydrogen (secondary N) is 1. The van der Waals surface area contributed by atoms with Crippen LogP contribution in [0.15, 0.2) is 71.8 Å². The van der Waals surface area contributed by atoms with Gasteiger partial charge in [-0.2, -0.15) is 5.10 Å². The Bertz CT molecular complexity index is 1060. The molecule has 1 aliphatic carbocycles. The van der Waals surface area contributed by atoms with E-state index in [1.165, 1.54) is 22.3 Å². The lowest BCUT2D eigenvalue weighted by Crippen LogP contribution is -3.14. The van der Waals surface area contributed by atoms with Gasteiger partial charge in [-0.1, -0.05) is 66.4 Å². The fourth-order valence-corrected chi connectivity index (χ4v) is 4.83. The molecule has 2 aliphatic rings. The minimum absolute atomic E-state index is 0.100. The molecule has 5 rings (SSSR count). The predicted molar refractivity (Wildman–Crippen MR) is 121 cm³/mol. The summed E-state index contributed by atoms with van der Waals surface area (Å²) in [5.74, 6) is 0.288. The number of benzene rings is 3. The van der Waals surface area contributed by atoms with E-state index in [0.717, 1.165) is 26.2 Å². The van der Waals surface area contributed by atoms with Crippen LogP contribution in [0.5, 0.6) is 11.5 Å². The highest BCUT2D eigenvalue weighted by Gasteiger charge is 2.37. The Morgan fingerprint density at radius 1 is 0.968 bits per heavy atom. The Balaban J connectivity index is 1.30. The van der Waals surface area contributed by atoms with Crippen molar-refractivity contribution < 1.29 is 14.7 Å². The Hall–Kier alpha value is -3.31. The Labute approximate surface area is 183 Å². The van der Waals surface area contributed by atoms with Crippen LogP contribution < -0.4 is 14.7 Å². The zero-order chi connectivity index (χ0) is 21.2. The van der Waals surface area contributed by atoms with Crippen LogP contribution in [0.3, 0.4) is 0 Å². The zero-order valence-corrected chi connectivity index (χ0v) is 17.8. The van der Waals surface area contributed by atoms with Gasteiger partial charge in [0.2, 0.25) is 0 Å². The van der Waals surface area contributed by atoms with E-state index in [4.69, 9.17) is 4.74 Å². The first-order valence-corrected chi connectivity index (χ1v) is 11.0. The van der Waals surface area contributed by atoms with E-state index >= 15 is 0 Å². The molecule has 0 saturated carbocycles. The van der Waals surface area contributed by atoms with Crippen LogP contribution in [0.25, 0.3) is 11.1 Å². The van der Waals surface area contributed by atoms with Crippen molar-refractivity contribution in [3.63, 3.8) is 0 Å². The van der Waals surface area contributed by atoms with Crippen molar-refractivity contribution in [1.29, 1.82) is 0 Å². The second-order valence-corrected chi connectivity index (χ2v) is 8.07. The van der Waals surface area contributed by atoms with E-state index in [-0.39, 0.29) is 5.75 Å². The van der Waals surface area contributed by atoms with E-state index in [9.17, 15) is 5.11 Å². The quantitative estimate of drug-likeness (QED) is 0.654. The average molecular weight is 414 g/mol. The minimum Gasteiger partial charge on any atom is -0.870 e. The Morgan fingerprint density at radius 2 is 1.61 bits per heavy atom. The predicted octanol–water partition coefficient (Wildman–Crippen LogP) is 2.46. The van der Waals surface area contributed by atoms with E-state index in [0.29, 0.717) is 24.0 Å². The number of ether oxygens (including phenoxy) is 1. The number of quaternary nitrogens is 1. The highest BCUT2D eigenvalue weighted by molar-refractivity contribution is 5.84. The zero-order valence-electron chi connectivity index (χ0n) is 17.8. The number of para-hydroxylation sites is 1. The standard InChI is InChI=1S/C26H27N3O2/c1-2-31-24-13-7-8-19(26(24)30)18-27-29-16-14-28(15-17-29)25-22-11-5-3-9-20(22)21-10-4-6-12-23(21)25/h3-13,18,25,30H,2,14-17H2,1H3. The van der Waals surface area contributed by atoms with Crippen LogP contribution in [0, 0.1) is 0 Å². The fraction of sp³-hybridized carbons (Fsp3) is 0.269. The maximum absolute atomic E-state index is 12.5. The number of hydrogen-bond acceptors (Lipinski definition) is 4. The number of nitrogens with zero attached hydrogens (tertiary/aromatic N) is 2. The number of rotatable bonds is 5. The van der Waals surface area contributed by atoms with Crippen LogP contribution in [-0.2, 0) is 0 Å². The molecule has 3 aromatic rings. The van der Waals surface area contributed by atoms with Gasteiger partial charge in [-0.05, 0) is 29.7 Å². The summed E-state index contributed by atoms with van der Waals surface area (Å²) in [6.07, 6.45) is 1.68. The van der Waals surface area contributed by atoms with Gasteiger partial charge in [0, 0.05) is 11.1 Å². The van der Waals surface area contributed by atoms with Crippen LogP contribution in [0.1, 0.15) is 29.7 Å². The molecule has 0 spiro atoms. The molecule has 3 aromatic carbocycles. The SMILES string of the molecule is CCOc1cccc(C=NN2CC[NH+](C3c4ccccc4-c4ccccc43)CC2)c1[O-]. The number of fused-ring (bicyclic) bond motifs is 3. The third-order valence-electron chi connectivity index (χ3n) is 6.29.